The number of halogens is 1. The molecule has 6 nitrogen and oxygen atoms in total. The van der Waals surface area contributed by atoms with Gasteiger partial charge in [0.1, 0.15) is 15.6 Å². The van der Waals surface area contributed by atoms with Crippen molar-refractivity contribution in [1.82, 2.24) is 25.3 Å². The second-order valence-corrected chi connectivity index (χ2v) is 9.52. The Morgan fingerprint density at radius 3 is 2.72 bits per heavy atom. The molecule has 0 atom stereocenters. The Labute approximate surface area is 200 Å². The van der Waals surface area contributed by atoms with E-state index in [0.29, 0.717) is 32.8 Å². The largest absolute Gasteiger partial charge is 0.351 e. The SMILES string of the molecule is CSc1cccc(-n2nnc(-c3nc(C)c(C(=O)NCCc4ccc(Cl)cc4)s3)c2C)c1. The Balaban J connectivity index is 1.49. The molecule has 0 bridgehead atoms. The Hall–Kier alpha value is -2.68. The summed E-state index contributed by atoms with van der Waals surface area (Å²) in [5.74, 6) is -0.127. The maximum atomic E-state index is 12.7. The molecule has 0 saturated carbocycles. The van der Waals surface area contributed by atoms with E-state index in [1.807, 2.05) is 56.5 Å². The van der Waals surface area contributed by atoms with Gasteiger partial charge in [0, 0.05) is 16.5 Å². The maximum absolute atomic E-state index is 12.7. The molecule has 0 aliphatic carbocycles. The Morgan fingerprint density at radius 1 is 1.19 bits per heavy atom. The normalized spacial score (nSPS) is 11.0. The smallest absolute Gasteiger partial charge is 0.263 e. The molecule has 0 spiro atoms. The first-order chi connectivity index (χ1) is 15.5. The summed E-state index contributed by atoms with van der Waals surface area (Å²) in [6, 6.07) is 15.8. The highest BCUT2D eigenvalue weighted by Gasteiger charge is 2.20. The average molecular weight is 484 g/mol. The molecule has 0 aliphatic heterocycles. The number of thiazole rings is 1. The molecule has 0 aliphatic rings. The van der Waals surface area contributed by atoms with Gasteiger partial charge in [0.15, 0.2) is 0 Å². The van der Waals surface area contributed by atoms with Crippen molar-refractivity contribution in [3.05, 3.63) is 75.4 Å². The van der Waals surface area contributed by atoms with Crippen LogP contribution in [-0.4, -0.2) is 38.7 Å². The van der Waals surface area contributed by atoms with E-state index >= 15 is 0 Å². The fraction of sp³-hybridized carbons (Fsp3) is 0.217. The van der Waals surface area contributed by atoms with Crippen LogP contribution >= 0.6 is 34.7 Å². The van der Waals surface area contributed by atoms with Gasteiger partial charge >= 0.3 is 0 Å². The van der Waals surface area contributed by atoms with Crippen LogP contribution in [-0.2, 0) is 6.42 Å². The monoisotopic (exact) mass is 483 g/mol. The fourth-order valence-electron chi connectivity index (χ4n) is 3.27. The van der Waals surface area contributed by atoms with E-state index in [-0.39, 0.29) is 5.91 Å². The van der Waals surface area contributed by atoms with Crippen molar-refractivity contribution < 1.29 is 4.79 Å². The van der Waals surface area contributed by atoms with Crippen LogP contribution in [0.2, 0.25) is 5.02 Å². The first-order valence-corrected chi connectivity index (χ1v) is 12.5. The molecular weight excluding hydrogens is 462 g/mol. The van der Waals surface area contributed by atoms with Gasteiger partial charge in [-0.2, -0.15) is 0 Å². The molecule has 0 radical (unpaired) electrons. The van der Waals surface area contributed by atoms with Gasteiger partial charge in [-0.25, -0.2) is 9.67 Å². The quantitative estimate of drug-likeness (QED) is 0.358. The molecule has 1 amide bonds. The van der Waals surface area contributed by atoms with Crippen LogP contribution in [0, 0.1) is 13.8 Å². The van der Waals surface area contributed by atoms with Gasteiger partial charge in [0.25, 0.3) is 5.91 Å². The number of nitrogens with one attached hydrogen (secondary N) is 1. The van der Waals surface area contributed by atoms with Crippen LogP contribution in [0.15, 0.2) is 53.4 Å². The topological polar surface area (TPSA) is 72.7 Å². The zero-order chi connectivity index (χ0) is 22.7. The van der Waals surface area contributed by atoms with Crippen molar-refractivity contribution in [2.75, 3.05) is 12.8 Å². The van der Waals surface area contributed by atoms with Crippen LogP contribution in [0.3, 0.4) is 0 Å². The summed E-state index contributed by atoms with van der Waals surface area (Å²) in [7, 11) is 0. The summed E-state index contributed by atoms with van der Waals surface area (Å²) in [5.41, 5.74) is 4.32. The number of carbonyl (C=O) groups is 1. The van der Waals surface area contributed by atoms with E-state index in [0.717, 1.165) is 28.3 Å². The number of benzene rings is 2. The van der Waals surface area contributed by atoms with Crippen LogP contribution in [0.5, 0.6) is 0 Å². The molecule has 32 heavy (non-hydrogen) atoms. The predicted octanol–water partition coefficient (Wildman–Crippen LogP) is 5.36. The van der Waals surface area contributed by atoms with Gasteiger partial charge in [-0.1, -0.05) is 35.0 Å². The molecular formula is C23H22ClN5OS2. The van der Waals surface area contributed by atoms with Crippen molar-refractivity contribution in [2.45, 2.75) is 25.2 Å². The summed E-state index contributed by atoms with van der Waals surface area (Å²) in [5, 5.41) is 13.1. The van der Waals surface area contributed by atoms with Crippen molar-refractivity contribution >= 4 is 40.6 Å². The van der Waals surface area contributed by atoms with Gasteiger partial charge in [0.2, 0.25) is 0 Å². The van der Waals surface area contributed by atoms with E-state index in [2.05, 4.69) is 32.7 Å². The summed E-state index contributed by atoms with van der Waals surface area (Å²) < 4.78 is 1.80. The number of nitrogens with zero attached hydrogens (tertiary/aromatic N) is 4. The van der Waals surface area contributed by atoms with E-state index in [4.69, 9.17) is 11.6 Å². The minimum Gasteiger partial charge on any atom is -0.351 e. The number of hydrogen-bond donors (Lipinski definition) is 1. The lowest BCUT2D eigenvalue weighted by Crippen LogP contribution is -2.25. The number of carbonyl (C=O) groups excluding carboxylic acids is 1. The lowest BCUT2D eigenvalue weighted by atomic mass is 10.1. The Morgan fingerprint density at radius 2 is 1.97 bits per heavy atom. The van der Waals surface area contributed by atoms with Crippen LogP contribution < -0.4 is 5.32 Å². The number of hydrogen-bond acceptors (Lipinski definition) is 6. The van der Waals surface area contributed by atoms with E-state index in [9.17, 15) is 4.79 Å². The molecule has 164 valence electrons. The van der Waals surface area contributed by atoms with Crippen molar-refractivity contribution in [3.8, 4) is 16.4 Å². The third kappa shape index (κ3) is 4.87. The Kier molecular flexibility index (Phi) is 6.93. The highest BCUT2D eigenvalue weighted by molar-refractivity contribution is 7.98. The maximum Gasteiger partial charge on any atom is 0.263 e. The number of aryl methyl sites for hydroxylation is 1. The highest BCUT2D eigenvalue weighted by Crippen LogP contribution is 2.30. The lowest BCUT2D eigenvalue weighted by molar-refractivity contribution is 0.0957. The molecule has 1 N–H and O–H groups in total. The zero-order valence-corrected chi connectivity index (χ0v) is 20.3. The first kappa shape index (κ1) is 22.5. The van der Waals surface area contributed by atoms with Gasteiger partial charge in [-0.05, 0) is 62.4 Å². The lowest BCUT2D eigenvalue weighted by Gasteiger charge is -2.05. The summed E-state index contributed by atoms with van der Waals surface area (Å²) in [6.45, 7) is 4.34. The molecule has 0 saturated heterocycles. The van der Waals surface area contributed by atoms with Gasteiger partial charge in [-0.15, -0.1) is 28.2 Å². The molecule has 2 aromatic carbocycles. The molecule has 4 rings (SSSR count). The number of rotatable bonds is 7. The molecule has 2 aromatic heterocycles. The molecule has 0 fully saturated rings. The van der Waals surface area contributed by atoms with Crippen molar-refractivity contribution in [1.29, 1.82) is 0 Å². The molecule has 2 heterocycles. The predicted molar refractivity (Wildman–Crippen MR) is 131 cm³/mol. The number of amides is 1. The van der Waals surface area contributed by atoms with Crippen LogP contribution in [0.25, 0.3) is 16.4 Å². The summed E-state index contributed by atoms with van der Waals surface area (Å²) >= 11 is 8.94. The third-order valence-electron chi connectivity index (χ3n) is 5.01. The highest BCUT2D eigenvalue weighted by atomic mass is 35.5. The molecule has 0 unspecified atom stereocenters. The van der Waals surface area contributed by atoms with E-state index in [1.54, 1.807) is 16.4 Å². The van der Waals surface area contributed by atoms with Crippen molar-refractivity contribution in [2.24, 2.45) is 0 Å². The van der Waals surface area contributed by atoms with Gasteiger partial charge < -0.3 is 5.32 Å². The second kappa shape index (κ2) is 9.85. The number of aromatic nitrogens is 4. The van der Waals surface area contributed by atoms with Gasteiger partial charge in [-0.3, -0.25) is 4.79 Å². The molecule has 9 heteroatoms. The van der Waals surface area contributed by atoms with Gasteiger partial charge in [0.05, 0.1) is 17.1 Å². The Bertz CT molecular complexity index is 1250. The van der Waals surface area contributed by atoms with Crippen LogP contribution in [0.1, 0.15) is 26.6 Å². The molecule has 4 aromatic rings. The zero-order valence-electron chi connectivity index (χ0n) is 17.9. The standard InChI is InChI=1S/C23H22ClN5OS2/c1-14-21(22(30)25-12-11-16-7-9-17(24)10-8-16)32-23(26-14)20-15(2)29(28-27-20)18-5-4-6-19(13-18)31-3/h4-10,13H,11-12H2,1-3H3,(H,25,30). The van der Waals surface area contributed by atoms with E-state index in [1.165, 1.54) is 11.3 Å². The van der Waals surface area contributed by atoms with E-state index < -0.39 is 0 Å². The summed E-state index contributed by atoms with van der Waals surface area (Å²) in [4.78, 5) is 19.1. The number of thioether (sulfide) groups is 1. The van der Waals surface area contributed by atoms with Crippen LogP contribution in [0.4, 0.5) is 0 Å². The fourth-order valence-corrected chi connectivity index (χ4v) is 4.87. The third-order valence-corrected chi connectivity index (χ3v) is 7.15. The minimum atomic E-state index is -0.127. The first-order valence-electron chi connectivity index (χ1n) is 10.0. The summed E-state index contributed by atoms with van der Waals surface area (Å²) in [6.07, 6.45) is 2.77. The van der Waals surface area contributed by atoms with Crippen molar-refractivity contribution in [3.63, 3.8) is 0 Å². The minimum absolute atomic E-state index is 0.127. The average Bonchev–Trinajstić information content (AvgIpc) is 3.37. The second-order valence-electron chi connectivity index (χ2n) is 7.20.